The van der Waals surface area contributed by atoms with E-state index in [1.807, 2.05) is 31.2 Å². The van der Waals surface area contributed by atoms with E-state index in [0.717, 1.165) is 18.5 Å². The lowest BCUT2D eigenvalue weighted by atomic mass is 10.1. The van der Waals surface area contributed by atoms with E-state index < -0.39 is 0 Å². The summed E-state index contributed by atoms with van der Waals surface area (Å²) >= 11 is 0. The average molecular weight is 206 g/mol. The maximum Gasteiger partial charge on any atom is 0.224 e. The molecule has 0 bridgehead atoms. The van der Waals surface area contributed by atoms with Crippen LogP contribution in [-0.4, -0.2) is 12.5 Å². The molecule has 0 aliphatic carbocycles. The molecule has 3 N–H and O–H groups in total. The summed E-state index contributed by atoms with van der Waals surface area (Å²) in [5.41, 5.74) is 7.50. The van der Waals surface area contributed by atoms with Gasteiger partial charge in [-0.15, -0.1) is 0 Å². The lowest BCUT2D eigenvalue weighted by Crippen LogP contribution is -2.10. The third-order valence-electron chi connectivity index (χ3n) is 2.15. The van der Waals surface area contributed by atoms with Crippen molar-refractivity contribution in [3.05, 3.63) is 29.8 Å². The van der Waals surface area contributed by atoms with Gasteiger partial charge in [-0.2, -0.15) is 0 Å². The van der Waals surface area contributed by atoms with Crippen LogP contribution in [-0.2, 0) is 11.2 Å². The number of nitrogens with one attached hydrogen (secondary N) is 1. The number of carbonyl (C=O) groups is 1. The molecule has 82 valence electrons. The Labute approximate surface area is 90.7 Å². The Kier molecular flexibility index (Phi) is 4.84. The Morgan fingerprint density at radius 1 is 1.33 bits per heavy atom. The zero-order valence-electron chi connectivity index (χ0n) is 9.12. The molecule has 0 aliphatic rings. The second-order valence-corrected chi connectivity index (χ2v) is 3.53. The first kappa shape index (κ1) is 11.7. The molecule has 0 spiro atoms. The van der Waals surface area contributed by atoms with Gasteiger partial charge in [-0.3, -0.25) is 4.79 Å². The molecule has 1 aromatic carbocycles. The van der Waals surface area contributed by atoms with Crippen LogP contribution >= 0.6 is 0 Å². The largest absolute Gasteiger partial charge is 0.330 e. The fourth-order valence-electron chi connectivity index (χ4n) is 1.37. The summed E-state index contributed by atoms with van der Waals surface area (Å²) in [5.74, 6) is 0.0732. The number of nitrogens with two attached hydrogens (primary N) is 1. The van der Waals surface area contributed by atoms with E-state index in [1.165, 1.54) is 5.56 Å². The molecule has 0 saturated carbocycles. The van der Waals surface area contributed by atoms with Crippen LogP contribution in [0.5, 0.6) is 0 Å². The quantitative estimate of drug-likeness (QED) is 0.773. The van der Waals surface area contributed by atoms with Crippen molar-refractivity contribution >= 4 is 11.6 Å². The summed E-state index contributed by atoms with van der Waals surface area (Å²) in [7, 11) is 0. The molecule has 3 nitrogen and oxygen atoms in total. The van der Waals surface area contributed by atoms with Crippen molar-refractivity contribution in [1.82, 2.24) is 0 Å². The Bertz CT molecular complexity index is 306. The lowest BCUT2D eigenvalue weighted by Gasteiger charge is -2.05. The summed E-state index contributed by atoms with van der Waals surface area (Å²) in [6.07, 6.45) is 2.32. The van der Waals surface area contributed by atoms with Gasteiger partial charge in [0.25, 0.3) is 0 Å². The van der Waals surface area contributed by atoms with Crippen molar-refractivity contribution < 1.29 is 4.79 Å². The Morgan fingerprint density at radius 3 is 2.53 bits per heavy atom. The normalized spacial score (nSPS) is 10.0. The topological polar surface area (TPSA) is 55.1 Å². The monoisotopic (exact) mass is 206 g/mol. The van der Waals surface area contributed by atoms with Gasteiger partial charge in [-0.1, -0.05) is 19.1 Å². The van der Waals surface area contributed by atoms with Crippen LogP contribution in [0.2, 0.25) is 0 Å². The van der Waals surface area contributed by atoms with Crippen LogP contribution in [0.1, 0.15) is 25.3 Å². The minimum Gasteiger partial charge on any atom is -0.330 e. The number of carbonyl (C=O) groups excluding carboxylic acids is 1. The highest BCUT2D eigenvalue weighted by Crippen LogP contribution is 2.10. The molecule has 0 unspecified atom stereocenters. The van der Waals surface area contributed by atoms with Crippen LogP contribution in [0.3, 0.4) is 0 Å². The van der Waals surface area contributed by atoms with Crippen LogP contribution in [0.4, 0.5) is 5.69 Å². The summed E-state index contributed by atoms with van der Waals surface area (Å²) in [6, 6.07) is 7.82. The number of hydrogen-bond acceptors (Lipinski definition) is 2. The van der Waals surface area contributed by atoms with E-state index in [0.29, 0.717) is 13.0 Å². The lowest BCUT2D eigenvalue weighted by molar-refractivity contribution is -0.116. The molecule has 0 heterocycles. The highest BCUT2D eigenvalue weighted by atomic mass is 16.1. The van der Waals surface area contributed by atoms with Gasteiger partial charge in [0.2, 0.25) is 5.91 Å². The van der Waals surface area contributed by atoms with Crippen LogP contribution < -0.4 is 11.1 Å². The second kappa shape index (κ2) is 6.19. The number of hydrogen-bond donors (Lipinski definition) is 2. The Hall–Kier alpha value is -1.35. The minimum atomic E-state index is 0.0732. The molecular weight excluding hydrogens is 188 g/mol. The van der Waals surface area contributed by atoms with E-state index in [4.69, 9.17) is 5.73 Å². The predicted molar refractivity (Wildman–Crippen MR) is 62.7 cm³/mol. The van der Waals surface area contributed by atoms with Gasteiger partial charge in [0.05, 0.1) is 0 Å². The standard InChI is InChI=1S/C12H18N2O/c1-2-3-12(15)14-11-6-4-10(5-7-11)8-9-13/h4-7H,2-3,8-9,13H2,1H3,(H,14,15). The molecule has 1 rings (SSSR count). The number of benzene rings is 1. The maximum absolute atomic E-state index is 11.3. The third kappa shape index (κ3) is 4.13. The molecule has 3 heteroatoms. The minimum absolute atomic E-state index is 0.0732. The van der Waals surface area contributed by atoms with Gasteiger partial charge in [0.1, 0.15) is 0 Å². The zero-order chi connectivity index (χ0) is 11.1. The molecular formula is C12H18N2O. The van der Waals surface area contributed by atoms with Gasteiger partial charge in [-0.25, -0.2) is 0 Å². The van der Waals surface area contributed by atoms with Crippen molar-refractivity contribution in [3.63, 3.8) is 0 Å². The highest BCUT2D eigenvalue weighted by Gasteiger charge is 2.00. The van der Waals surface area contributed by atoms with Crippen molar-refractivity contribution in [2.75, 3.05) is 11.9 Å². The van der Waals surface area contributed by atoms with E-state index in [9.17, 15) is 4.79 Å². The van der Waals surface area contributed by atoms with Crippen LogP contribution in [0, 0.1) is 0 Å². The first-order valence-corrected chi connectivity index (χ1v) is 5.35. The first-order valence-electron chi connectivity index (χ1n) is 5.35. The van der Waals surface area contributed by atoms with Gasteiger partial charge in [-0.05, 0) is 37.1 Å². The van der Waals surface area contributed by atoms with Crippen molar-refractivity contribution in [2.45, 2.75) is 26.2 Å². The summed E-state index contributed by atoms with van der Waals surface area (Å²) in [4.78, 5) is 11.3. The summed E-state index contributed by atoms with van der Waals surface area (Å²) in [6.45, 7) is 2.64. The van der Waals surface area contributed by atoms with E-state index in [2.05, 4.69) is 5.32 Å². The molecule has 0 saturated heterocycles. The smallest absolute Gasteiger partial charge is 0.224 e. The number of anilines is 1. The average Bonchev–Trinajstić information content (AvgIpc) is 2.22. The third-order valence-corrected chi connectivity index (χ3v) is 2.15. The second-order valence-electron chi connectivity index (χ2n) is 3.53. The number of amides is 1. The predicted octanol–water partition coefficient (Wildman–Crippen LogP) is 1.93. The van der Waals surface area contributed by atoms with Crippen LogP contribution in [0.15, 0.2) is 24.3 Å². The molecule has 0 fully saturated rings. The van der Waals surface area contributed by atoms with E-state index >= 15 is 0 Å². The Morgan fingerprint density at radius 2 is 2.00 bits per heavy atom. The fraction of sp³-hybridized carbons (Fsp3) is 0.417. The van der Waals surface area contributed by atoms with Gasteiger partial charge in [0, 0.05) is 12.1 Å². The van der Waals surface area contributed by atoms with Gasteiger partial charge < -0.3 is 11.1 Å². The van der Waals surface area contributed by atoms with Crippen LogP contribution in [0.25, 0.3) is 0 Å². The van der Waals surface area contributed by atoms with E-state index in [-0.39, 0.29) is 5.91 Å². The van der Waals surface area contributed by atoms with Crippen molar-refractivity contribution in [3.8, 4) is 0 Å². The summed E-state index contributed by atoms with van der Waals surface area (Å²) < 4.78 is 0. The molecule has 0 aliphatic heterocycles. The van der Waals surface area contributed by atoms with E-state index in [1.54, 1.807) is 0 Å². The molecule has 1 aromatic rings. The SMILES string of the molecule is CCCC(=O)Nc1ccc(CCN)cc1. The molecule has 0 aromatic heterocycles. The van der Waals surface area contributed by atoms with Gasteiger partial charge >= 0.3 is 0 Å². The molecule has 15 heavy (non-hydrogen) atoms. The van der Waals surface area contributed by atoms with Crippen molar-refractivity contribution in [2.24, 2.45) is 5.73 Å². The first-order chi connectivity index (χ1) is 7.26. The summed E-state index contributed by atoms with van der Waals surface area (Å²) in [5, 5.41) is 2.84. The highest BCUT2D eigenvalue weighted by molar-refractivity contribution is 5.90. The Balaban J connectivity index is 2.52. The van der Waals surface area contributed by atoms with Crippen molar-refractivity contribution in [1.29, 1.82) is 0 Å². The van der Waals surface area contributed by atoms with Gasteiger partial charge in [0.15, 0.2) is 0 Å². The molecule has 0 radical (unpaired) electrons. The fourth-order valence-corrected chi connectivity index (χ4v) is 1.37. The maximum atomic E-state index is 11.3. The molecule has 1 amide bonds. The molecule has 0 atom stereocenters. The zero-order valence-corrected chi connectivity index (χ0v) is 9.12. The number of rotatable bonds is 5.